The lowest BCUT2D eigenvalue weighted by Gasteiger charge is -2.50. The third-order valence-electron chi connectivity index (χ3n) is 6.83. The highest BCUT2D eigenvalue weighted by molar-refractivity contribution is 6.33. The fourth-order valence-electron chi connectivity index (χ4n) is 5.68. The van der Waals surface area contributed by atoms with E-state index >= 15 is 0 Å². The predicted molar refractivity (Wildman–Crippen MR) is 114 cm³/mol. The Morgan fingerprint density at radius 1 is 0.867 bits per heavy atom. The number of carbonyl (C=O) groups excluding carboxylic acids is 2. The molecular formula is C25H18ClNO3. The van der Waals surface area contributed by atoms with Crippen LogP contribution in [0.25, 0.3) is 0 Å². The van der Waals surface area contributed by atoms with Gasteiger partial charge >= 0.3 is 0 Å². The Hall–Kier alpha value is -3.11. The van der Waals surface area contributed by atoms with Gasteiger partial charge in [-0.15, -0.1) is 11.6 Å². The molecule has 3 aliphatic carbocycles. The van der Waals surface area contributed by atoms with Crippen LogP contribution >= 0.6 is 11.6 Å². The van der Waals surface area contributed by atoms with Crippen molar-refractivity contribution in [3.63, 3.8) is 0 Å². The fraction of sp³-hybridized carbons (Fsp3) is 0.200. The number of hydrogen-bond donors (Lipinski definition) is 0. The molecule has 0 unspecified atom stereocenters. The van der Waals surface area contributed by atoms with Crippen LogP contribution in [0.1, 0.15) is 28.2 Å². The minimum atomic E-state index is -1.06. The maximum atomic E-state index is 13.7. The summed E-state index contributed by atoms with van der Waals surface area (Å²) < 4.78 is 5.30. The molecule has 4 aliphatic rings. The third kappa shape index (κ3) is 1.97. The molecule has 2 amide bonds. The van der Waals surface area contributed by atoms with Gasteiger partial charge in [-0.05, 0) is 34.4 Å². The zero-order valence-corrected chi connectivity index (χ0v) is 17.0. The van der Waals surface area contributed by atoms with E-state index in [0.717, 1.165) is 22.3 Å². The summed E-state index contributed by atoms with van der Waals surface area (Å²) in [5.74, 6) is -1.20. The van der Waals surface area contributed by atoms with Crippen molar-refractivity contribution in [2.24, 2.45) is 11.8 Å². The standard InChI is InChI=1S/C25H18ClNO3/c1-30-15-8-6-7-14(13-15)27-23(28)21-20-16-9-2-4-11-18(16)25(26,22(21)24(27)29)19-12-5-3-10-17(19)20/h2-13,20-22H,1H3/t20?,21-,22-,25?/m0/s1. The molecule has 0 saturated carbocycles. The Morgan fingerprint density at radius 3 is 2.13 bits per heavy atom. The molecule has 1 aliphatic heterocycles. The summed E-state index contributed by atoms with van der Waals surface area (Å²) in [6.45, 7) is 0. The number of hydrogen-bond acceptors (Lipinski definition) is 3. The fourth-order valence-corrected chi connectivity index (χ4v) is 6.26. The molecule has 30 heavy (non-hydrogen) atoms. The van der Waals surface area contributed by atoms with E-state index in [1.165, 1.54) is 4.90 Å². The number of rotatable bonds is 2. The molecule has 0 aromatic heterocycles. The quantitative estimate of drug-likeness (QED) is 0.459. The first-order chi connectivity index (χ1) is 14.6. The summed E-state index contributed by atoms with van der Waals surface area (Å²) in [6.07, 6.45) is 0. The van der Waals surface area contributed by atoms with E-state index in [1.54, 1.807) is 31.4 Å². The summed E-state index contributed by atoms with van der Waals surface area (Å²) >= 11 is 7.41. The number of anilines is 1. The number of benzene rings is 3. The zero-order valence-electron chi connectivity index (χ0n) is 16.2. The van der Waals surface area contributed by atoms with Gasteiger partial charge < -0.3 is 4.74 Å². The summed E-state index contributed by atoms with van der Waals surface area (Å²) in [7, 11) is 1.56. The Morgan fingerprint density at radius 2 is 1.50 bits per heavy atom. The highest BCUT2D eigenvalue weighted by Gasteiger charge is 2.67. The van der Waals surface area contributed by atoms with Gasteiger partial charge in [-0.2, -0.15) is 0 Å². The van der Waals surface area contributed by atoms with Gasteiger partial charge in [0.25, 0.3) is 0 Å². The van der Waals surface area contributed by atoms with E-state index in [2.05, 4.69) is 0 Å². The van der Waals surface area contributed by atoms with Crippen molar-refractivity contribution >= 4 is 29.1 Å². The van der Waals surface area contributed by atoms with E-state index in [9.17, 15) is 9.59 Å². The van der Waals surface area contributed by atoms with Gasteiger partial charge in [-0.1, -0.05) is 54.6 Å². The van der Waals surface area contributed by atoms with E-state index < -0.39 is 16.7 Å². The van der Waals surface area contributed by atoms with Gasteiger partial charge in [-0.25, -0.2) is 4.90 Å². The number of amides is 2. The molecule has 2 atom stereocenters. The number of nitrogens with zero attached hydrogens (tertiary/aromatic N) is 1. The Kier molecular flexibility index (Phi) is 3.52. The van der Waals surface area contributed by atoms with Crippen LogP contribution in [0, 0.1) is 11.8 Å². The van der Waals surface area contributed by atoms with Crippen LogP contribution in [0.5, 0.6) is 5.75 Å². The molecule has 4 nitrogen and oxygen atoms in total. The van der Waals surface area contributed by atoms with Gasteiger partial charge in [0.15, 0.2) is 0 Å². The van der Waals surface area contributed by atoms with Crippen molar-refractivity contribution < 1.29 is 14.3 Å². The lowest BCUT2D eigenvalue weighted by atomic mass is 9.54. The van der Waals surface area contributed by atoms with Crippen LogP contribution in [0.3, 0.4) is 0 Å². The molecule has 3 aromatic carbocycles. The molecule has 0 spiro atoms. The average molecular weight is 416 g/mol. The van der Waals surface area contributed by atoms with Crippen molar-refractivity contribution in [2.75, 3.05) is 12.0 Å². The first-order valence-electron chi connectivity index (χ1n) is 9.97. The number of carbonyl (C=O) groups is 2. The minimum absolute atomic E-state index is 0.185. The van der Waals surface area contributed by atoms with Gasteiger partial charge in [0, 0.05) is 12.0 Å². The van der Waals surface area contributed by atoms with Crippen LogP contribution in [-0.2, 0) is 14.5 Å². The highest BCUT2D eigenvalue weighted by Crippen LogP contribution is 2.65. The number of imide groups is 1. The third-order valence-corrected chi connectivity index (χ3v) is 7.47. The molecule has 1 fully saturated rings. The van der Waals surface area contributed by atoms with Gasteiger partial charge in [-0.3, -0.25) is 9.59 Å². The molecule has 0 N–H and O–H groups in total. The Bertz CT molecular complexity index is 1190. The normalized spacial score (nSPS) is 28.2. The van der Waals surface area contributed by atoms with Gasteiger partial charge in [0.05, 0.1) is 24.6 Å². The van der Waals surface area contributed by atoms with Crippen molar-refractivity contribution in [1.82, 2.24) is 0 Å². The summed E-state index contributed by atoms with van der Waals surface area (Å²) in [4.78, 5) is 27.7. The summed E-state index contributed by atoms with van der Waals surface area (Å²) in [6, 6.07) is 23.0. The first-order valence-corrected chi connectivity index (χ1v) is 10.3. The van der Waals surface area contributed by atoms with Crippen LogP contribution in [0.2, 0.25) is 0 Å². The van der Waals surface area contributed by atoms with Crippen LogP contribution in [0.15, 0.2) is 72.8 Å². The number of halogens is 1. The topological polar surface area (TPSA) is 46.6 Å². The van der Waals surface area contributed by atoms with E-state index in [4.69, 9.17) is 16.3 Å². The second-order valence-electron chi connectivity index (χ2n) is 8.08. The van der Waals surface area contributed by atoms with Crippen molar-refractivity contribution in [3.8, 4) is 5.75 Å². The maximum Gasteiger partial charge on any atom is 0.240 e. The molecule has 7 rings (SSSR count). The maximum absolute atomic E-state index is 13.7. The molecule has 1 heterocycles. The minimum Gasteiger partial charge on any atom is -0.497 e. The van der Waals surface area contributed by atoms with Gasteiger partial charge in [0.1, 0.15) is 10.6 Å². The van der Waals surface area contributed by atoms with Crippen LogP contribution in [-0.4, -0.2) is 18.9 Å². The Labute approximate surface area is 179 Å². The lowest BCUT2D eigenvalue weighted by Crippen LogP contribution is -2.50. The number of ether oxygens (including phenoxy) is 1. The first kappa shape index (κ1) is 17.7. The predicted octanol–water partition coefficient (Wildman–Crippen LogP) is 4.44. The monoisotopic (exact) mass is 415 g/mol. The lowest BCUT2D eigenvalue weighted by molar-refractivity contribution is -0.122. The highest BCUT2D eigenvalue weighted by atomic mass is 35.5. The largest absolute Gasteiger partial charge is 0.497 e. The van der Waals surface area contributed by atoms with Crippen molar-refractivity contribution in [2.45, 2.75) is 10.8 Å². The summed E-state index contributed by atoms with van der Waals surface area (Å²) in [5, 5.41) is 0. The Balaban J connectivity index is 1.60. The molecule has 0 radical (unpaired) electrons. The van der Waals surface area contributed by atoms with Crippen LogP contribution < -0.4 is 9.64 Å². The van der Waals surface area contributed by atoms with E-state index in [0.29, 0.717) is 11.4 Å². The van der Waals surface area contributed by atoms with E-state index in [-0.39, 0.29) is 17.7 Å². The van der Waals surface area contributed by atoms with Crippen molar-refractivity contribution in [1.29, 1.82) is 0 Å². The second-order valence-corrected chi connectivity index (χ2v) is 8.68. The van der Waals surface area contributed by atoms with Gasteiger partial charge in [0.2, 0.25) is 11.8 Å². The molecular weight excluding hydrogens is 398 g/mol. The van der Waals surface area contributed by atoms with Crippen LogP contribution in [0.4, 0.5) is 5.69 Å². The van der Waals surface area contributed by atoms with E-state index in [1.807, 2.05) is 48.5 Å². The van der Waals surface area contributed by atoms with Crippen molar-refractivity contribution in [3.05, 3.63) is 95.1 Å². The smallest absolute Gasteiger partial charge is 0.240 e. The molecule has 5 heteroatoms. The molecule has 2 bridgehead atoms. The number of alkyl halides is 1. The molecule has 1 saturated heterocycles. The number of methoxy groups -OCH3 is 1. The zero-order chi connectivity index (χ0) is 20.6. The second kappa shape index (κ2) is 5.96. The SMILES string of the molecule is COc1cccc(N2C(=O)[C@@H]3[C@@H](C2=O)C2c4ccccc4C3(Cl)c3ccccc32)c1. The average Bonchev–Trinajstić information content (AvgIpc) is 3.06. The molecule has 148 valence electrons. The molecule has 3 aromatic rings. The summed E-state index contributed by atoms with van der Waals surface area (Å²) in [5.41, 5.74) is 4.48.